The van der Waals surface area contributed by atoms with E-state index in [2.05, 4.69) is 33.8 Å². The van der Waals surface area contributed by atoms with Crippen LogP contribution in [0.1, 0.15) is 44.6 Å². The standard InChI is InChI=1S/C21H23IN2O4/c1-3-10-28-19-16(22)11-14(13-18(19)27-4-2)12-17-20(25)24(21(26)23-17)15-8-6-5-7-9-15/h1,11-13,15H,4-10H2,2H3,(H,23,26)/b17-12-. The number of imide groups is 1. The molecule has 1 aliphatic heterocycles. The van der Waals surface area contributed by atoms with Crippen molar-refractivity contribution in [3.05, 3.63) is 27.0 Å². The quantitative estimate of drug-likeness (QED) is 0.282. The molecule has 1 aromatic carbocycles. The number of nitrogens with zero attached hydrogens (tertiary/aromatic N) is 1. The maximum atomic E-state index is 12.8. The maximum Gasteiger partial charge on any atom is 0.329 e. The summed E-state index contributed by atoms with van der Waals surface area (Å²) >= 11 is 2.14. The highest BCUT2D eigenvalue weighted by Gasteiger charge is 2.38. The SMILES string of the molecule is C#CCOc1c(I)cc(/C=C2\NC(=O)N(C3CCCCC3)C2=O)cc1OCC. The summed E-state index contributed by atoms with van der Waals surface area (Å²) in [5, 5.41) is 2.72. The molecule has 1 saturated carbocycles. The number of carbonyl (C=O) groups is 2. The molecule has 1 heterocycles. The van der Waals surface area contributed by atoms with Gasteiger partial charge in [-0.3, -0.25) is 9.69 Å². The van der Waals surface area contributed by atoms with Crippen molar-refractivity contribution in [1.29, 1.82) is 0 Å². The lowest BCUT2D eigenvalue weighted by molar-refractivity contribution is -0.124. The lowest BCUT2D eigenvalue weighted by atomic mass is 9.94. The Bertz CT molecular complexity index is 838. The number of terminal acetylenes is 1. The Morgan fingerprint density at radius 1 is 1.29 bits per heavy atom. The van der Waals surface area contributed by atoms with Gasteiger partial charge in [-0.15, -0.1) is 6.42 Å². The summed E-state index contributed by atoms with van der Waals surface area (Å²) in [4.78, 5) is 26.6. The van der Waals surface area contributed by atoms with Crippen molar-refractivity contribution >= 4 is 40.6 Å². The number of hydrogen-bond donors (Lipinski definition) is 1. The number of hydrogen-bond acceptors (Lipinski definition) is 4. The van der Waals surface area contributed by atoms with Gasteiger partial charge in [-0.25, -0.2) is 4.79 Å². The first-order valence-electron chi connectivity index (χ1n) is 9.44. The smallest absolute Gasteiger partial charge is 0.329 e. The minimum atomic E-state index is -0.336. The van der Waals surface area contributed by atoms with Gasteiger partial charge in [-0.05, 0) is 66.1 Å². The zero-order chi connectivity index (χ0) is 20.1. The van der Waals surface area contributed by atoms with Gasteiger partial charge in [0.15, 0.2) is 11.5 Å². The molecule has 1 aliphatic carbocycles. The fourth-order valence-electron chi connectivity index (χ4n) is 3.57. The first kappa shape index (κ1) is 20.5. The number of ether oxygens (including phenoxy) is 2. The molecule has 0 radical (unpaired) electrons. The molecule has 2 aliphatic rings. The zero-order valence-electron chi connectivity index (χ0n) is 15.8. The molecule has 3 amide bonds. The van der Waals surface area contributed by atoms with Crippen LogP contribution in [0.2, 0.25) is 0 Å². The fourth-order valence-corrected chi connectivity index (χ4v) is 4.36. The molecule has 28 heavy (non-hydrogen) atoms. The highest BCUT2D eigenvalue weighted by Crippen LogP contribution is 2.35. The normalized spacial score (nSPS) is 18.9. The first-order valence-corrected chi connectivity index (χ1v) is 10.5. The average molecular weight is 494 g/mol. The summed E-state index contributed by atoms with van der Waals surface area (Å²) in [5.41, 5.74) is 1.03. The number of benzene rings is 1. The molecule has 3 rings (SSSR count). The molecule has 6 nitrogen and oxygen atoms in total. The summed E-state index contributed by atoms with van der Waals surface area (Å²) in [5.74, 6) is 3.31. The highest BCUT2D eigenvalue weighted by molar-refractivity contribution is 14.1. The van der Waals surface area contributed by atoms with Gasteiger partial charge in [-0.1, -0.05) is 25.2 Å². The largest absolute Gasteiger partial charge is 0.490 e. The van der Waals surface area contributed by atoms with Crippen molar-refractivity contribution in [2.24, 2.45) is 0 Å². The summed E-state index contributed by atoms with van der Waals surface area (Å²) in [7, 11) is 0. The third kappa shape index (κ3) is 4.43. The van der Waals surface area contributed by atoms with Gasteiger partial charge in [0.25, 0.3) is 5.91 Å². The van der Waals surface area contributed by atoms with Crippen LogP contribution in [0.5, 0.6) is 11.5 Å². The zero-order valence-corrected chi connectivity index (χ0v) is 18.0. The Morgan fingerprint density at radius 3 is 2.71 bits per heavy atom. The van der Waals surface area contributed by atoms with Crippen LogP contribution < -0.4 is 14.8 Å². The van der Waals surface area contributed by atoms with Crippen molar-refractivity contribution in [1.82, 2.24) is 10.2 Å². The van der Waals surface area contributed by atoms with Crippen LogP contribution in [-0.2, 0) is 4.79 Å². The van der Waals surface area contributed by atoms with E-state index >= 15 is 0 Å². The monoisotopic (exact) mass is 494 g/mol. The van der Waals surface area contributed by atoms with E-state index in [4.69, 9.17) is 15.9 Å². The predicted molar refractivity (Wildman–Crippen MR) is 115 cm³/mol. The summed E-state index contributed by atoms with van der Waals surface area (Å²) < 4.78 is 12.1. The van der Waals surface area contributed by atoms with Crippen LogP contribution in [0.15, 0.2) is 17.8 Å². The Morgan fingerprint density at radius 2 is 2.04 bits per heavy atom. The lowest BCUT2D eigenvalue weighted by Gasteiger charge is -2.28. The lowest BCUT2D eigenvalue weighted by Crippen LogP contribution is -2.41. The van der Waals surface area contributed by atoms with Gasteiger partial charge < -0.3 is 14.8 Å². The summed E-state index contributed by atoms with van der Waals surface area (Å²) in [6, 6.07) is 3.31. The van der Waals surface area contributed by atoms with Gasteiger partial charge in [0.1, 0.15) is 12.3 Å². The van der Waals surface area contributed by atoms with Crippen LogP contribution in [-0.4, -0.2) is 36.1 Å². The van der Waals surface area contributed by atoms with E-state index in [0.29, 0.717) is 18.1 Å². The van der Waals surface area contributed by atoms with Crippen molar-refractivity contribution in [2.45, 2.75) is 45.1 Å². The van der Waals surface area contributed by atoms with Gasteiger partial charge in [0.2, 0.25) is 0 Å². The molecule has 2 fully saturated rings. The Hall–Kier alpha value is -2.21. The number of halogens is 1. The minimum Gasteiger partial charge on any atom is -0.490 e. The van der Waals surface area contributed by atoms with Crippen molar-refractivity contribution in [2.75, 3.05) is 13.2 Å². The van der Waals surface area contributed by atoms with Gasteiger partial charge >= 0.3 is 6.03 Å². The molecule has 0 aromatic heterocycles. The Labute approximate surface area is 178 Å². The van der Waals surface area contributed by atoms with Crippen molar-refractivity contribution in [3.8, 4) is 23.8 Å². The Kier molecular flexibility index (Phi) is 6.83. The summed E-state index contributed by atoms with van der Waals surface area (Å²) in [6.07, 6.45) is 12.0. The van der Waals surface area contributed by atoms with Crippen LogP contribution in [0, 0.1) is 15.9 Å². The number of rotatable bonds is 6. The fraction of sp³-hybridized carbons (Fsp3) is 0.429. The number of nitrogens with one attached hydrogen (secondary N) is 1. The minimum absolute atomic E-state index is 0.00851. The third-order valence-corrected chi connectivity index (χ3v) is 5.59. The molecule has 148 valence electrons. The van der Waals surface area contributed by atoms with Gasteiger partial charge in [0, 0.05) is 6.04 Å². The van der Waals surface area contributed by atoms with E-state index in [0.717, 1.165) is 41.2 Å². The van der Waals surface area contributed by atoms with E-state index in [1.807, 2.05) is 13.0 Å². The molecule has 0 atom stereocenters. The van der Waals surface area contributed by atoms with E-state index in [9.17, 15) is 9.59 Å². The van der Waals surface area contributed by atoms with E-state index in [1.165, 1.54) is 4.90 Å². The molecule has 1 N–H and O–H groups in total. The molecule has 0 bridgehead atoms. The second-order valence-corrected chi connectivity index (χ2v) is 7.87. The van der Waals surface area contributed by atoms with Crippen LogP contribution >= 0.6 is 22.6 Å². The number of carbonyl (C=O) groups excluding carboxylic acids is 2. The van der Waals surface area contributed by atoms with Crippen molar-refractivity contribution in [3.63, 3.8) is 0 Å². The molecule has 1 aromatic rings. The van der Waals surface area contributed by atoms with E-state index in [-0.39, 0.29) is 30.3 Å². The molecule has 0 unspecified atom stereocenters. The second-order valence-electron chi connectivity index (χ2n) is 6.71. The van der Waals surface area contributed by atoms with Gasteiger partial charge in [0.05, 0.1) is 10.2 Å². The molecular formula is C21H23IN2O4. The first-order chi connectivity index (χ1) is 13.5. The van der Waals surface area contributed by atoms with Crippen molar-refractivity contribution < 1.29 is 19.1 Å². The number of urea groups is 1. The maximum absolute atomic E-state index is 12.8. The third-order valence-electron chi connectivity index (χ3n) is 4.79. The van der Waals surface area contributed by atoms with Crippen LogP contribution in [0.3, 0.4) is 0 Å². The Balaban J connectivity index is 1.87. The molecule has 0 spiro atoms. The second kappa shape index (κ2) is 9.32. The average Bonchev–Trinajstić information content (AvgIpc) is 2.95. The highest BCUT2D eigenvalue weighted by atomic mass is 127. The number of amides is 3. The van der Waals surface area contributed by atoms with Crippen LogP contribution in [0.4, 0.5) is 4.79 Å². The molecular weight excluding hydrogens is 471 g/mol. The summed E-state index contributed by atoms with van der Waals surface area (Å²) in [6.45, 7) is 2.49. The van der Waals surface area contributed by atoms with E-state index in [1.54, 1.807) is 12.1 Å². The topological polar surface area (TPSA) is 67.9 Å². The van der Waals surface area contributed by atoms with E-state index < -0.39 is 0 Å². The van der Waals surface area contributed by atoms with Crippen LogP contribution in [0.25, 0.3) is 6.08 Å². The molecule has 7 heteroatoms. The van der Waals surface area contributed by atoms with Gasteiger partial charge in [-0.2, -0.15) is 0 Å². The molecule has 1 saturated heterocycles. The predicted octanol–water partition coefficient (Wildman–Crippen LogP) is 3.93.